The van der Waals surface area contributed by atoms with Crippen LogP contribution in [0.1, 0.15) is 26.2 Å². The summed E-state index contributed by atoms with van der Waals surface area (Å²) in [6.07, 6.45) is 3.29. The summed E-state index contributed by atoms with van der Waals surface area (Å²) in [7, 11) is 0. The second-order valence-corrected chi connectivity index (χ2v) is 4.63. The lowest BCUT2D eigenvalue weighted by molar-refractivity contribution is -0.130. The van der Waals surface area contributed by atoms with E-state index in [1.54, 1.807) is 0 Å². The van der Waals surface area contributed by atoms with Gasteiger partial charge in [-0.1, -0.05) is 0 Å². The second kappa shape index (κ2) is 4.17. The van der Waals surface area contributed by atoms with Crippen molar-refractivity contribution in [2.45, 2.75) is 31.8 Å². The summed E-state index contributed by atoms with van der Waals surface area (Å²) in [6, 6.07) is 0. The number of hydrogen-bond acceptors (Lipinski definition) is 3. The molecule has 2 aliphatic rings. The van der Waals surface area contributed by atoms with Crippen LogP contribution in [0.3, 0.4) is 0 Å². The predicted octanol–water partition coefficient (Wildman–Crippen LogP) is 0.870. The van der Waals surface area contributed by atoms with E-state index < -0.39 is 5.60 Å². The Hall–Kier alpha value is -0.120. The molecule has 2 rings (SSSR count). The van der Waals surface area contributed by atoms with Crippen LogP contribution in [0.25, 0.3) is 0 Å². The summed E-state index contributed by atoms with van der Waals surface area (Å²) >= 11 is 0. The van der Waals surface area contributed by atoms with Crippen LogP contribution in [-0.4, -0.2) is 48.5 Å². The van der Waals surface area contributed by atoms with Crippen molar-refractivity contribution in [1.82, 2.24) is 4.90 Å². The Labute approximate surface area is 86.0 Å². The van der Waals surface area contributed by atoms with Gasteiger partial charge in [-0.05, 0) is 32.7 Å². The van der Waals surface area contributed by atoms with E-state index in [4.69, 9.17) is 4.74 Å². The molecule has 0 aromatic carbocycles. The van der Waals surface area contributed by atoms with E-state index in [-0.39, 0.29) is 0 Å². The first-order valence-corrected chi connectivity index (χ1v) is 5.77. The van der Waals surface area contributed by atoms with Gasteiger partial charge in [0, 0.05) is 25.6 Å². The Morgan fingerprint density at radius 3 is 3.14 bits per heavy atom. The molecule has 0 aliphatic carbocycles. The third-order valence-corrected chi connectivity index (χ3v) is 3.68. The van der Waals surface area contributed by atoms with Gasteiger partial charge in [-0.3, -0.25) is 0 Å². The van der Waals surface area contributed by atoms with Crippen LogP contribution in [0.2, 0.25) is 0 Å². The maximum atomic E-state index is 10.5. The first-order valence-electron chi connectivity index (χ1n) is 5.77. The quantitative estimate of drug-likeness (QED) is 0.732. The lowest BCUT2D eigenvalue weighted by atomic mass is 9.76. The number of nitrogens with zero attached hydrogens (tertiary/aromatic N) is 1. The van der Waals surface area contributed by atoms with Crippen LogP contribution in [0.4, 0.5) is 0 Å². The molecular weight excluding hydrogens is 178 g/mol. The maximum Gasteiger partial charge on any atom is 0.0932 e. The van der Waals surface area contributed by atoms with Crippen molar-refractivity contribution in [3.63, 3.8) is 0 Å². The van der Waals surface area contributed by atoms with E-state index in [2.05, 4.69) is 4.90 Å². The molecule has 2 heterocycles. The van der Waals surface area contributed by atoms with Crippen LogP contribution >= 0.6 is 0 Å². The standard InChI is InChI=1S/C11H21NO2/c1-2-14-9-11(13)5-7-12-6-3-4-10(11)8-12/h10,13H,2-9H2,1H3. The third kappa shape index (κ3) is 1.95. The number of ether oxygens (including phenoxy) is 1. The van der Waals surface area contributed by atoms with E-state index >= 15 is 0 Å². The molecule has 3 heteroatoms. The first-order chi connectivity index (χ1) is 6.74. The lowest BCUT2D eigenvalue weighted by Crippen LogP contribution is -2.56. The number of piperidine rings is 2. The van der Waals surface area contributed by atoms with Crippen molar-refractivity contribution in [2.24, 2.45) is 5.92 Å². The second-order valence-electron chi connectivity index (χ2n) is 4.63. The first kappa shape index (κ1) is 10.4. The van der Waals surface area contributed by atoms with E-state index in [1.165, 1.54) is 19.4 Å². The van der Waals surface area contributed by atoms with Crippen molar-refractivity contribution < 1.29 is 9.84 Å². The topological polar surface area (TPSA) is 32.7 Å². The van der Waals surface area contributed by atoms with Gasteiger partial charge in [0.2, 0.25) is 0 Å². The van der Waals surface area contributed by atoms with Gasteiger partial charge in [-0.15, -0.1) is 0 Å². The minimum atomic E-state index is -0.535. The van der Waals surface area contributed by atoms with Gasteiger partial charge in [0.15, 0.2) is 0 Å². The molecule has 2 fully saturated rings. The van der Waals surface area contributed by atoms with Crippen LogP contribution in [0, 0.1) is 5.92 Å². The third-order valence-electron chi connectivity index (χ3n) is 3.68. The molecular formula is C11H21NO2. The van der Waals surface area contributed by atoms with E-state index in [9.17, 15) is 5.11 Å². The highest BCUT2D eigenvalue weighted by Gasteiger charge is 2.42. The number of aliphatic hydroxyl groups is 1. The SMILES string of the molecule is CCOCC1(O)CCN2CCCC1C2. The maximum absolute atomic E-state index is 10.5. The van der Waals surface area contributed by atoms with Gasteiger partial charge < -0.3 is 14.7 Å². The van der Waals surface area contributed by atoms with E-state index in [1.807, 2.05) is 6.92 Å². The molecule has 2 bridgehead atoms. The molecule has 0 radical (unpaired) electrons. The highest BCUT2D eigenvalue weighted by Crippen LogP contribution is 2.34. The molecule has 2 aliphatic heterocycles. The number of fused-ring (bicyclic) bond motifs is 2. The van der Waals surface area contributed by atoms with Crippen molar-refractivity contribution in [3.05, 3.63) is 0 Å². The molecule has 0 aromatic heterocycles. The van der Waals surface area contributed by atoms with Crippen molar-refractivity contribution in [2.75, 3.05) is 32.8 Å². The largest absolute Gasteiger partial charge is 0.387 e. The van der Waals surface area contributed by atoms with E-state index in [0.29, 0.717) is 19.1 Å². The summed E-state index contributed by atoms with van der Waals surface area (Å²) < 4.78 is 5.40. The monoisotopic (exact) mass is 199 g/mol. The highest BCUT2D eigenvalue weighted by atomic mass is 16.5. The fourth-order valence-electron chi connectivity index (χ4n) is 2.72. The Morgan fingerprint density at radius 1 is 1.50 bits per heavy atom. The zero-order chi connectivity index (χ0) is 10.0. The highest BCUT2D eigenvalue weighted by molar-refractivity contribution is 4.95. The fraction of sp³-hybridized carbons (Fsp3) is 1.00. The molecule has 3 nitrogen and oxygen atoms in total. The van der Waals surface area contributed by atoms with Gasteiger partial charge in [-0.25, -0.2) is 0 Å². The van der Waals surface area contributed by atoms with Gasteiger partial charge >= 0.3 is 0 Å². The summed E-state index contributed by atoms with van der Waals surface area (Å²) in [5.41, 5.74) is -0.535. The van der Waals surface area contributed by atoms with Crippen LogP contribution < -0.4 is 0 Å². The van der Waals surface area contributed by atoms with Crippen molar-refractivity contribution in [3.8, 4) is 0 Å². The summed E-state index contributed by atoms with van der Waals surface area (Å²) in [4.78, 5) is 2.47. The molecule has 0 spiro atoms. The van der Waals surface area contributed by atoms with Gasteiger partial charge in [0.25, 0.3) is 0 Å². The van der Waals surface area contributed by atoms with Crippen molar-refractivity contribution >= 4 is 0 Å². The Balaban J connectivity index is 1.96. The molecule has 82 valence electrons. The zero-order valence-electron chi connectivity index (χ0n) is 9.04. The molecule has 0 saturated carbocycles. The molecule has 14 heavy (non-hydrogen) atoms. The van der Waals surface area contributed by atoms with E-state index in [0.717, 1.165) is 19.5 Å². The molecule has 0 aromatic rings. The molecule has 2 saturated heterocycles. The number of hydrogen-bond donors (Lipinski definition) is 1. The summed E-state index contributed by atoms with van der Waals surface area (Å²) in [5.74, 6) is 0.441. The average molecular weight is 199 g/mol. The molecule has 3 atom stereocenters. The summed E-state index contributed by atoms with van der Waals surface area (Å²) in [6.45, 7) is 6.56. The molecule has 0 amide bonds. The fourth-order valence-corrected chi connectivity index (χ4v) is 2.72. The Morgan fingerprint density at radius 2 is 2.36 bits per heavy atom. The Kier molecular flexibility index (Phi) is 3.10. The van der Waals surface area contributed by atoms with Crippen molar-refractivity contribution in [1.29, 1.82) is 0 Å². The van der Waals surface area contributed by atoms with Gasteiger partial charge in [-0.2, -0.15) is 0 Å². The predicted molar refractivity (Wildman–Crippen MR) is 55.2 cm³/mol. The molecule has 3 unspecified atom stereocenters. The number of rotatable bonds is 3. The van der Waals surface area contributed by atoms with Crippen LogP contribution in [0.15, 0.2) is 0 Å². The van der Waals surface area contributed by atoms with Gasteiger partial charge in [0.05, 0.1) is 12.2 Å². The lowest BCUT2D eigenvalue weighted by Gasteiger charge is -2.47. The van der Waals surface area contributed by atoms with Gasteiger partial charge in [0.1, 0.15) is 0 Å². The normalized spacial score (nSPS) is 42.4. The van der Waals surface area contributed by atoms with Crippen LogP contribution in [0.5, 0.6) is 0 Å². The van der Waals surface area contributed by atoms with Crippen LogP contribution in [-0.2, 0) is 4.74 Å². The molecule has 1 N–H and O–H groups in total. The smallest absolute Gasteiger partial charge is 0.0932 e. The average Bonchev–Trinajstić information content (AvgIpc) is 2.23. The summed E-state index contributed by atoms with van der Waals surface area (Å²) in [5, 5.41) is 10.5. The Bertz CT molecular complexity index is 194. The zero-order valence-corrected chi connectivity index (χ0v) is 9.04. The minimum Gasteiger partial charge on any atom is -0.387 e. The minimum absolute atomic E-state index is 0.441.